The number of allylic oxidation sites excluding steroid dienone is 2. The number of nitrogens with zero attached hydrogens (tertiary/aromatic N) is 2. The minimum atomic E-state index is -0.832. The summed E-state index contributed by atoms with van der Waals surface area (Å²) in [4.78, 5) is 51.5. The van der Waals surface area contributed by atoms with Crippen molar-refractivity contribution in [2.75, 3.05) is 20.2 Å². The number of piperazine rings is 1. The molecule has 1 atom stereocenters. The molecule has 0 aromatic heterocycles. The van der Waals surface area contributed by atoms with Gasteiger partial charge in [0.2, 0.25) is 0 Å². The number of ketones is 1. The molecule has 1 amide bonds. The Morgan fingerprint density at radius 2 is 1.90 bits per heavy atom. The summed E-state index contributed by atoms with van der Waals surface area (Å²) >= 11 is 0. The molecule has 9 heteroatoms. The summed E-state index contributed by atoms with van der Waals surface area (Å²) in [5.41, 5.74) is 1.60. The predicted octanol–water partition coefficient (Wildman–Crippen LogP) is 2.19. The van der Waals surface area contributed by atoms with E-state index < -0.39 is 22.7 Å². The SMILES string of the molecule is COC(=O)C1=C2C(=O)NCCN2C2=C(C(=O)CC(C)(C)C2)[C@@H]1c1ccc([N+](=O)[O-])cc1. The van der Waals surface area contributed by atoms with E-state index in [2.05, 4.69) is 5.32 Å². The smallest absolute Gasteiger partial charge is 0.337 e. The van der Waals surface area contributed by atoms with Gasteiger partial charge in [-0.3, -0.25) is 19.7 Å². The van der Waals surface area contributed by atoms with Gasteiger partial charge in [-0.25, -0.2) is 4.79 Å². The van der Waals surface area contributed by atoms with Gasteiger partial charge in [0, 0.05) is 48.8 Å². The number of nitro groups is 1. The molecular formula is C22H23N3O6. The molecule has 3 aliphatic rings. The lowest BCUT2D eigenvalue weighted by atomic mass is 9.68. The topological polar surface area (TPSA) is 119 Å². The van der Waals surface area contributed by atoms with Crippen molar-refractivity contribution in [2.24, 2.45) is 5.41 Å². The van der Waals surface area contributed by atoms with E-state index in [1.807, 2.05) is 13.8 Å². The largest absolute Gasteiger partial charge is 0.466 e. The Bertz CT molecular complexity index is 1070. The number of benzene rings is 1. The Morgan fingerprint density at radius 1 is 1.23 bits per heavy atom. The maximum absolute atomic E-state index is 13.3. The second-order valence-electron chi connectivity index (χ2n) is 8.74. The van der Waals surface area contributed by atoms with Gasteiger partial charge >= 0.3 is 5.97 Å². The number of nitrogens with one attached hydrogen (secondary N) is 1. The van der Waals surface area contributed by atoms with Gasteiger partial charge in [0.05, 0.1) is 17.6 Å². The Balaban J connectivity index is 1.99. The molecule has 4 rings (SSSR count). The highest BCUT2D eigenvalue weighted by Gasteiger charge is 2.48. The fourth-order valence-electron chi connectivity index (χ4n) is 4.73. The van der Waals surface area contributed by atoms with Crippen LogP contribution in [0.3, 0.4) is 0 Å². The van der Waals surface area contributed by atoms with E-state index in [-0.39, 0.29) is 28.2 Å². The molecule has 2 heterocycles. The first-order chi connectivity index (χ1) is 14.6. The summed E-state index contributed by atoms with van der Waals surface area (Å²) in [5, 5.41) is 13.9. The van der Waals surface area contributed by atoms with Crippen molar-refractivity contribution >= 4 is 23.3 Å². The average Bonchev–Trinajstić information content (AvgIpc) is 2.72. The van der Waals surface area contributed by atoms with Gasteiger partial charge in [0.1, 0.15) is 5.70 Å². The number of methoxy groups -OCH3 is 1. The second-order valence-corrected chi connectivity index (χ2v) is 8.74. The van der Waals surface area contributed by atoms with Gasteiger partial charge < -0.3 is 15.0 Å². The van der Waals surface area contributed by atoms with Gasteiger partial charge in [0.25, 0.3) is 11.6 Å². The Morgan fingerprint density at radius 3 is 2.52 bits per heavy atom. The molecule has 1 fully saturated rings. The van der Waals surface area contributed by atoms with E-state index >= 15 is 0 Å². The van der Waals surface area contributed by atoms with Crippen molar-refractivity contribution in [1.82, 2.24) is 10.2 Å². The zero-order valence-corrected chi connectivity index (χ0v) is 17.6. The lowest BCUT2D eigenvalue weighted by molar-refractivity contribution is -0.384. The van der Waals surface area contributed by atoms with Crippen LogP contribution in [0.2, 0.25) is 0 Å². The third kappa shape index (κ3) is 3.39. The first kappa shape index (κ1) is 20.8. The van der Waals surface area contributed by atoms with Crippen LogP contribution in [0, 0.1) is 15.5 Å². The van der Waals surface area contributed by atoms with Crippen molar-refractivity contribution in [2.45, 2.75) is 32.6 Å². The van der Waals surface area contributed by atoms with Gasteiger partial charge in [0.15, 0.2) is 5.78 Å². The van der Waals surface area contributed by atoms with Crippen molar-refractivity contribution in [3.05, 3.63) is 62.5 Å². The number of Topliss-reactive ketones (excluding diaryl/α,β-unsaturated/α-hetero) is 1. The van der Waals surface area contributed by atoms with E-state index in [1.54, 1.807) is 4.90 Å². The van der Waals surface area contributed by atoms with Crippen LogP contribution in [-0.2, 0) is 19.1 Å². The molecule has 1 N–H and O–H groups in total. The number of esters is 1. The number of carbonyl (C=O) groups is 3. The highest BCUT2D eigenvalue weighted by molar-refractivity contribution is 6.09. The van der Waals surface area contributed by atoms with Crippen LogP contribution in [0.15, 0.2) is 46.8 Å². The lowest BCUT2D eigenvalue weighted by Crippen LogP contribution is -2.51. The molecule has 1 aromatic carbocycles. The van der Waals surface area contributed by atoms with Crippen LogP contribution in [0.4, 0.5) is 5.69 Å². The van der Waals surface area contributed by atoms with E-state index in [4.69, 9.17) is 4.74 Å². The van der Waals surface area contributed by atoms with Crippen molar-refractivity contribution < 1.29 is 24.0 Å². The number of non-ortho nitro benzene ring substituents is 1. The highest BCUT2D eigenvalue weighted by Crippen LogP contribution is 2.50. The van der Waals surface area contributed by atoms with Crippen LogP contribution in [-0.4, -0.2) is 47.7 Å². The molecule has 0 bridgehead atoms. The second kappa shape index (κ2) is 7.33. The fourth-order valence-corrected chi connectivity index (χ4v) is 4.73. The van der Waals surface area contributed by atoms with Crippen LogP contribution in [0.25, 0.3) is 0 Å². The number of rotatable bonds is 3. The zero-order valence-electron chi connectivity index (χ0n) is 17.6. The maximum atomic E-state index is 13.3. The van der Waals surface area contributed by atoms with Crippen LogP contribution in [0.1, 0.15) is 38.2 Å². The quantitative estimate of drug-likeness (QED) is 0.448. The first-order valence-electron chi connectivity index (χ1n) is 10.0. The molecular weight excluding hydrogens is 402 g/mol. The van der Waals surface area contributed by atoms with Crippen LogP contribution in [0.5, 0.6) is 0 Å². The lowest BCUT2D eigenvalue weighted by Gasteiger charge is -2.46. The third-order valence-corrected chi connectivity index (χ3v) is 6.00. The van der Waals surface area contributed by atoms with E-state index in [9.17, 15) is 24.5 Å². The normalized spacial score (nSPS) is 22.5. The monoisotopic (exact) mass is 425 g/mol. The van der Waals surface area contributed by atoms with Crippen molar-refractivity contribution in [1.29, 1.82) is 0 Å². The number of amides is 1. The molecule has 1 aromatic rings. The summed E-state index contributed by atoms with van der Waals surface area (Å²) in [5.74, 6) is -2.03. The molecule has 0 spiro atoms. The van der Waals surface area contributed by atoms with E-state index in [0.29, 0.717) is 37.1 Å². The van der Waals surface area contributed by atoms with Crippen molar-refractivity contribution in [3.8, 4) is 0 Å². The maximum Gasteiger partial charge on any atom is 0.337 e. The standard InChI is InChI=1S/C22H23N3O6/c1-22(2)10-14-17(15(26)11-22)16(12-4-6-13(7-5-12)25(29)30)18(21(28)31-3)19-20(27)23-8-9-24(14)19/h4-7,16H,8-11H2,1-3H3,(H,23,27)/t16-/m0/s1. The summed E-state index contributed by atoms with van der Waals surface area (Å²) in [6.45, 7) is 4.83. The first-order valence-corrected chi connectivity index (χ1v) is 10.0. The molecule has 9 nitrogen and oxygen atoms in total. The molecule has 1 saturated heterocycles. The minimum absolute atomic E-state index is 0.0837. The Labute approximate surface area is 178 Å². The Kier molecular flexibility index (Phi) is 4.91. The molecule has 2 aliphatic heterocycles. The highest BCUT2D eigenvalue weighted by atomic mass is 16.6. The number of hydrogen-bond donors (Lipinski definition) is 1. The molecule has 0 unspecified atom stereocenters. The number of nitro benzene ring substituents is 1. The van der Waals surface area contributed by atoms with Gasteiger partial charge in [-0.1, -0.05) is 26.0 Å². The summed E-state index contributed by atoms with van der Waals surface area (Å²) < 4.78 is 5.01. The molecule has 0 saturated carbocycles. The minimum Gasteiger partial charge on any atom is -0.466 e. The Hall–Kier alpha value is -3.49. The predicted molar refractivity (Wildman–Crippen MR) is 110 cm³/mol. The van der Waals surface area contributed by atoms with Gasteiger partial charge in [-0.15, -0.1) is 0 Å². The number of fused-ring (bicyclic) bond motifs is 2. The molecule has 1 aliphatic carbocycles. The number of carbonyl (C=O) groups excluding carboxylic acids is 3. The molecule has 162 valence electrons. The zero-order chi connectivity index (χ0) is 22.5. The van der Waals surface area contributed by atoms with Gasteiger partial charge in [-0.2, -0.15) is 0 Å². The van der Waals surface area contributed by atoms with Gasteiger partial charge in [-0.05, 0) is 17.4 Å². The molecule has 31 heavy (non-hydrogen) atoms. The number of hydrogen-bond acceptors (Lipinski definition) is 7. The average molecular weight is 425 g/mol. The van der Waals surface area contributed by atoms with E-state index in [0.717, 1.165) is 5.70 Å². The summed E-state index contributed by atoms with van der Waals surface area (Å²) in [7, 11) is 1.23. The third-order valence-electron chi connectivity index (χ3n) is 6.00. The van der Waals surface area contributed by atoms with Crippen LogP contribution < -0.4 is 5.32 Å². The van der Waals surface area contributed by atoms with E-state index in [1.165, 1.54) is 31.4 Å². The summed E-state index contributed by atoms with van der Waals surface area (Å²) in [6, 6.07) is 5.72. The van der Waals surface area contributed by atoms with Crippen LogP contribution >= 0.6 is 0 Å². The fraction of sp³-hybridized carbons (Fsp3) is 0.409. The summed E-state index contributed by atoms with van der Waals surface area (Å²) in [6.07, 6.45) is 0.877. The number of ether oxygens (including phenoxy) is 1. The van der Waals surface area contributed by atoms with Crippen molar-refractivity contribution in [3.63, 3.8) is 0 Å². The molecule has 0 radical (unpaired) electrons.